The number of carbonyl (C=O) groups excluding carboxylic acids is 1. The number of carboxylic acids is 1. The number of imidazole rings is 1. The molecule has 3 heterocycles. The Bertz CT molecular complexity index is 1340. The third-order valence-corrected chi connectivity index (χ3v) is 8.19. The fourth-order valence-electron chi connectivity index (χ4n) is 6.07. The van der Waals surface area contributed by atoms with Crippen LogP contribution in [-0.2, 0) is 21.6 Å². The van der Waals surface area contributed by atoms with Crippen LogP contribution in [0.3, 0.4) is 0 Å². The molecule has 0 radical (unpaired) electrons. The molecule has 2 aliphatic carbocycles. The maximum absolute atomic E-state index is 12.7. The van der Waals surface area contributed by atoms with E-state index in [4.69, 9.17) is 14.5 Å². The first kappa shape index (κ1) is 23.7. The van der Waals surface area contributed by atoms with Gasteiger partial charge >= 0.3 is 12.1 Å². The Morgan fingerprint density at radius 1 is 1.11 bits per heavy atom. The lowest BCUT2D eigenvalue weighted by Gasteiger charge is -2.34. The molecule has 2 saturated carbocycles. The quantitative estimate of drug-likeness (QED) is 0.534. The zero-order valence-corrected chi connectivity index (χ0v) is 21.1. The highest BCUT2D eigenvalue weighted by atomic mass is 16.5. The number of rotatable bonds is 5. The van der Waals surface area contributed by atoms with Gasteiger partial charge in [0.1, 0.15) is 0 Å². The van der Waals surface area contributed by atoms with Crippen LogP contribution in [0.1, 0.15) is 69.3 Å². The van der Waals surface area contributed by atoms with Gasteiger partial charge in [0.05, 0.1) is 35.9 Å². The van der Waals surface area contributed by atoms with E-state index in [9.17, 15) is 14.7 Å². The topological polar surface area (TPSA) is 120 Å². The van der Waals surface area contributed by atoms with Crippen LogP contribution in [0.25, 0.3) is 11.0 Å². The summed E-state index contributed by atoms with van der Waals surface area (Å²) >= 11 is 0. The molecule has 1 aliphatic heterocycles. The number of aliphatic carboxylic acids is 1. The Hall–Kier alpha value is -3.69. The zero-order valence-electron chi connectivity index (χ0n) is 21.1. The first-order valence-corrected chi connectivity index (χ1v) is 13.0. The van der Waals surface area contributed by atoms with Crippen molar-refractivity contribution in [2.75, 3.05) is 12.0 Å². The van der Waals surface area contributed by atoms with Gasteiger partial charge in [-0.15, -0.1) is 0 Å². The Kier molecular flexibility index (Phi) is 5.77. The maximum Gasteiger partial charge on any atom is 0.414 e. The predicted octanol–water partition coefficient (Wildman–Crippen LogP) is 4.62. The molecule has 0 unspecified atom stereocenters. The van der Waals surface area contributed by atoms with Crippen LogP contribution in [0.15, 0.2) is 30.7 Å². The number of amides is 1. The van der Waals surface area contributed by atoms with Crippen LogP contribution in [0, 0.1) is 5.92 Å². The lowest BCUT2D eigenvalue weighted by molar-refractivity contribution is -0.143. The minimum absolute atomic E-state index is 0.0278. The molecule has 6 rings (SSSR count). The number of methoxy groups -OCH3 is 1. The van der Waals surface area contributed by atoms with E-state index in [1.807, 2.05) is 19.1 Å². The fraction of sp³-hybridized carbons (Fsp3) is 0.519. The molecule has 0 saturated heterocycles. The summed E-state index contributed by atoms with van der Waals surface area (Å²) in [7, 11) is 1.41. The van der Waals surface area contributed by atoms with Gasteiger partial charge in [0, 0.05) is 30.0 Å². The van der Waals surface area contributed by atoms with Crippen LogP contribution in [0.4, 0.5) is 10.5 Å². The first-order chi connectivity index (χ1) is 17.9. The number of benzene rings is 1. The number of aromatic nitrogens is 4. The molecule has 3 aromatic rings. The largest absolute Gasteiger partial charge is 0.481 e. The minimum Gasteiger partial charge on any atom is -0.481 e. The van der Waals surface area contributed by atoms with Crippen LogP contribution in [0.2, 0.25) is 0 Å². The van der Waals surface area contributed by atoms with Crippen molar-refractivity contribution < 1.29 is 24.2 Å². The molecule has 0 bridgehead atoms. The highest BCUT2D eigenvalue weighted by Crippen LogP contribution is 2.52. The van der Waals surface area contributed by atoms with Gasteiger partial charge in [-0.05, 0) is 70.4 Å². The van der Waals surface area contributed by atoms with E-state index in [1.165, 1.54) is 7.11 Å². The highest BCUT2D eigenvalue weighted by Gasteiger charge is 2.53. The van der Waals surface area contributed by atoms with Gasteiger partial charge in [-0.2, -0.15) is 0 Å². The summed E-state index contributed by atoms with van der Waals surface area (Å²) in [4.78, 5) is 39.7. The predicted molar refractivity (Wildman–Crippen MR) is 135 cm³/mol. The normalized spacial score (nSPS) is 24.4. The van der Waals surface area contributed by atoms with Crippen LogP contribution >= 0.6 is 0 Å². The summed E-state index contributed by atoms with van der Waals surface area (Å²) in [6, 6.07) is 4.19. The molecule has 194 valence electrons. The van der Waals surface area contributed by atoms with E-state index in [-0.39, 0.29) is 24.1 Å². The van der Waals surface area contributed by atoms with E-state index in [2.05, 4.69) is 14.5 Å². The summed E-state index contributed by atoms with van der Waals surface area (Å²) in [5, 5.41) is 9.53. The second-order valence-corrected chi connectivity index (χ2v) is 10.4. The van der Waals surface area contributed by atoms with Gasteiger partial charge in [-0.25, -0.2) is 14.8 Å². The van der Waals surface area contributed by atoms with Crippen LogP contribution in [-0.4, -0.2) is 49.8 Å². The Balaban J connectivity index is 1.48. The van der Waals surface area contributed by atoms with Gasteiger partial charge < -0.3 is 19.1 Å². The molecule has 37 heavy (non-hydrogen) atoms. The van der Waals surface area contributed by atoms with Gasteiger partial charge in [-0.1, -0.05) is 0 Å². The van der Waals surface area contributed by atoms with Gasteiger partial charge in [-0.3, -0.25) is 14.7 Å². The zero-order chi connectivity index (χ0) is 25.7. The molecule has 2 aromatic heterocycles. The monoisotopic (exact) mass is 505 g/mol. The summed E-state index contributed by atoms with van der Waals surface area (Å²) < 4.78 is 13.8. The molecule has 1 amide bonds. The number of nitrogens with zero attached hydrogens (tertiary/aromatic N) is 5. The molecule has 10 nitrogen and oxygen atoms in total. The van der Waals surface area contributed by atoms with E-state index >= 15 is 0 Å². The van der Waals surface area contributed by atoms with Gasteiger partial charge in [0.25, 0.3) is 0 Å². The molecule has 1 atom stereocenters. The third-order valence-electron chi connectivity index (χ3n) is 8.19. The minimum atomic E-state index is -0.718. The summed E-state index contributed by atoms with van der Waals surface area (Å²) in [5.41, 5.74) is 3.15. The van der Waals surface area contributed by atoms with E-state index in [0.29, 0.717) is 18.7 Å². The molecule has 0 spiro atoms. The SMILES string of the molecule is COC(=O)N1c2ccc3c(nc(C4(Oc5cnccn5)CC4)n3C3CCC(C(=O)O)CC3)c2CC[C@@H]1C. The number of hydrogen-bond acceptors (Lipinski definition) is 7. The Morgan fingerprint density at radius 3 is 2.54 bits per heavy atom. The molecule has 1 aromatic carbocycles. The maximum atomic E-state index is 12.7. The number of fused-ring (bicyclic) bond motifs is 3. The van der Waals surface area contributed by atoms with Crippen molar-refractivity contribution in [3.05, 3.63) is 42.1 Å². The Labute approximate surface area is 214 Å². The van der Waals surface area contributed by atoms with E-state index in [1.54, 1.807) is 23.5 Å². The van der Waals surface area contributed by atoms with Crippen molar-refractivity contribution in [2.24, 2.45) is 5.92 Å². The smallest absolute Gasteiger partial charge is 0.414 e. The fourth-order valence-corrected chi connectivity index (χ4v) is 6.07. The second kappa shape index (κ2) is 9.00. The van der Waals surface area contributed by atoms with Gasteiger partial charge in [0.15, 0.2) is 11.4 Å². The number of carboxylic acid groups (broad SMARTS) is 1. The van der Waals surface area contributed by atoms with Crippen molar-refractivity contribution >= 4 is 28.8 Å². The molecule has 10 heteroatoms. The van der Waals surface area contributed by atoms with Crippen molar-refractivity contribution in [3.63, 3.8) is 0 Å². The van der Waals surface area contributed by atoms with E-state index in [0.717, 1.165) is 66.6 Å². The summed E-state index contributed by atoms with van der Waals surface area (Å²) in [6.07, 6.45) is 10.5. The van der Waals surface area contributed by atoms with Crippen molar-refractivity contribution in [1.82, 2.24) is 19.5 Å². The molecule has 1 N–H and O–H groups in total. The molecular weight excluding hydrogens is 474 g/mol. The number of aryl methyl sites for hydroxylation is 1. The molecule has 3 aliphatic rings. The molecular formula is C27H31N5O5. The lowest BCUT2D eigenvalue weighted by Crippen LogP contribution is -2.42. The summed E-state index contributed by atoms with van der Waals surface area (Å²) in [5.74, 6) is 0.289. The second-order valence-electron chi connectivity index (χ2n) is 10.4. The van der Waals surface area contributed by atoms with E-state index < -0.39 is 11.6 Å². The standard InChI is InChI=1S/C27H31N5O5/c1-16-3-8-19-20(31(16)26(35)36-2)9-10-21-23(19)30-25(27(11-12-27)37-22-15-28-13-14-29-22)32(21)18-6-4-17(5-7-18)24(33)34/h9-10,13-18H,3-8,11-12H2,1-2H3,(H,33,34)/t16-,17?,18?/m0/s1. The van der Waals surface area contributed by atoms with Crippen molar-refractivity contribution in [3.8, 4) is 5.88 Å². The van der Waals surface area contributed by atoms with Crippen molar-refractivity contribution in [2.45, 2.75) is 76.0 Å². The first-order valence-electron chi connectivity index (χ1n) is 13.0. The number of hydrogen-bond donors (Lipinski definition) is 1. The van der Waals surface area contributed by atoms with Crippen LogP contribution < -0.4 is 9.64 Å². The number of ether oxygens (including phenoxy) is 2. The lowest BCUT2D eigenvalue weighted by atomic mass is 9.85. The third kappa shape index (κ3) is 3.98. The Morgan fingerprint density at radius 2 is 1.89 bits per heavy atom. The average molecular weight is 506 g/mol. The highest BCUT2D eigenvalue weighted by molar-refractivity contribution is 5.95. The average Bonchev–Trinajstić information content (AvgIpc) is 3.58. The van der Waals surface area contributed by atoms with Gasteiger partial charge in [0.2, 0.25) is 5.88 Å². The number of anilines is 1. The summed E-state index contributed by atoms with van der Waals surface area (Å²) in [6.45, 7) is 2.03. The molecule has 2 fully saturated rings. The van der Waals surface area contributed by atoms with Crippen LogP contribution in [0.5, 0.6) is 5.88 Å². The van der Waals surface area contributed by atoms with Crippen molar-refractivity contribution in [1.29, 1.82) is 0 Å². The number of carbonyl (C=O) groups is 2.